The molecule has 0 saturated carbocycles. The Bertz CT molecular complexity index is 345. The van der Waals surface area contributed by atoms with Crippen LogP contribution in [0, 0.1) is 0 Å². The van der Waals surface area contributed by atoms with Crippen molar-refractivity contribution in [2.75, 3.05) is 45.2 Å². The minimum atomic E-state index is 0.342. The molecule has 1 heterocycles. The number of benzene rings is 1. The molecule has 0 unspecified atom stereocenters. The van der Waals surface area contributed by atoms with Gasteiger partial charge in [-0.15, -0.1) is 0 Å². The fourth-order valence-corrected chi connectivity index (χ4v) is 2.23. The van der Waals surface area contributed by atoms with Gasteiger partial charge in [-0.3, -0.25) is 0 Å². The predicted octanol–water partition coefficient (Wildman–Crippen LogP) is 1.68. The molecule has 2 rings (SSSR count). The van der Waals surface area contributed by atoms with E-state index in [-0.39, 0.29) is 0 Å². The second-order valence-corrected chi connectivity index (χ2v) is 5.24. The molecule has 0 aliphatic carbocycles. The number of nitrogens with zero attached hydrogens (tertiary/aromatic N) is 2. The molecule has 3 heteroatoms. The van der Waals surface area contributed by atoms with Gasteiger partial charge in [0.2, 0.25) is 0 Å². The van der Waals surface area contributed by atoms with E-state index in [1.54, 1.807) is 12.1 Å². The molecule has 0 bridgehead atoms. The molecule has 88 valence electrons. The second-order valence-electron chi connectivity index (χ2n) is 5.24. The Kier molecular flexibility index (Phi) is 3.06. The van der Waals surface area contributed by atoms with Gasteiger partial charge in [-0.25, -0.2) is 0 Å². The maximum atomic E-state index is 9.27. The Balaban J connectivity index is 2.08. The first kappa shape index (κ1) is 11.3. The summed E-state index contributed by atoms with van der Waals surface area (Å²) in [6, 6.07) is 7.53. The summed E-state index contributed by atoms with van der Waals surface area (Å²) >= 11 is 0. The molecule has 1 saturated heterocycles. The maximum absolute atomic E-state index is 9.27. The van der Waals surface area contributed by atoms with Gasteiger partial charge in [-0.1, -0.05) is 0 Å². The minimum absolute atomic E-state index is 0.342. The number of phenols is 1. The Labute approximate surface area is 97.5 Å². The number of anilines is 1. The minimum Gasteiger partial charge on any atom is -0.508 e. The summed E-state index contributed by atoms with van der Waals surface area (Å²) in [5, 5.41) is 9.27. The van der Waals surface area contributed by atoms with Crippen molar-refractivity contribution in [1.82, 2.24) is 0 Å². The van der Waals surface area contributed by atoms with Gasteiger partial charge in [0.25, 0.3) is 0 Å². The number of rotatable bonds is 1. The third-order valence-corrected chi connectivity index (χ3v) is 3.38. The summed E-state index contributed by atoms with van der Waals surface area (Å²) in [5.74, 6) is 0.342. The van der Waals surface area contributed by atoms with E-state index < -0.39 is 0 Å². The third-order valence-electron chi connectivity index (χ3n) is 3.38. The molecule has 0 radical (unpaired) electrons. The van der Waals surface area contributed by atoms with Crippen LogP contribution in [0.25, 0.3) is 0 Å². The standard InChI is InChI=1S/C13H20N2O/c1-15(2)10-3-8-14(9-11-15)12-4-6-13(16)7-5-12/h4-7H,3,8-11H2,1-2H3/p+1. The highest BCUT2D eigenvalue weighted by atomic mass is 16.3. The van der Waals surface area contributed by atoms with Crippen LogP contribution in [0.1, 0.15) is 6.42 Å². The molecule has 0 atom stereocenters. The van der Waals surface area contributed by atoms with Gasteiger partial charge >= 0.3 is 0 Å². The average Bonchev–Trinajstić information content (AvgIpc) is 2.41. The van der Waals surface area contributed by atoms with E-state index in [0.29, 0.717) is 5.75 Å². The highest BCUT2D eigenvalue weighted by Crippen LogP contribution is 2.20. The number of hydrogen-bond donors (Lipinski definition) is 1. The summed E-state index contributed by atoms with van der Waals surface area (Å²) < 4.78 is 1.11. The number of likely N-dealkylation sites (N-methyl/N-ethyl adjacent to an activating group) is 1. The smallest absolute Gasteiger partial charge is 0.115 e. The SMILES string of the molecule is C[N+]1(C)CCCN(c2ccc(O)cc2)CC1. The number of hydrogen-bond acceptors (Lipinski definition) is 2. The van der Waals surface area contributed by atoms with E-state index in [2.05, 4.69) is 19.0 Å². The molecule has 1 N–H and O–H groups in total. The van der Waals surface area contributed by atoms with Crippen molar-refractivity contribution in [3.05, 3.63) is 24.3 Å². The van der Waals surface area contributed by atoms with Crippen LogP contribution >= 0.6 is 0 Å². The van der Waals surface area contributed by atoms with Gasteiger partial charge in [-0.05, 0) is 24.3 Å². The number of phenolic OH excluding ortho intramolecular Hbond substituents is 1. The van der Waals surface area contributed by atoms with E-state index in [0.717, 1.165) is 17.6 Å². The van der Waals surface area contributed by atoms with Crippen LogP contribution in [0.5, 0.6) is 5.75 Å². The summed E-state index contributed by atoms with van der Waals surface area (Å²) in [6.45, 7) is 4.64. The third kappa shape index (κ3) is 2.67. The summed E-state index contributed by atoms with van der Waals surface area (Å²) in [5.41, 5.74) is 1.22. The molecule has 1 aliphatic rings. The second kappa shape index (κ2) is 4.34. The van der Waals surface area contributed by atoms with Crippen molar-refractivity contribution in [2.24, 2.45) is 0 Å². The molecule has 3 nitrogen and oxygen atoms in total. The predicted molar refractivity (Wildman–Crippen MR) is 66.8 cm³/mol. The Morgan fingerprint density at radius 2 is 1.75 bits per heavy atom. The zero-order chi connectivity index (χ0) is 11.6. The molecule has 1 aliphatic heterocycles. The first-order valence-electron chi connectivity index (χ1n) is 5.93. The molecule has 1 fully saturated rings. The van der Waals surface area contributed by atoms with Crippen molar-refractivity contribution >= 4 is 5.69 Å². The number of aromatic hydroxyl groups is 1. The normalized spacial score (nSPS) is 20.5. The van der Waals surface area contributed by atoms with Crippen LogP contribution in [-0.4, -0.2) is 49.9 Å². The van der Waals surface area contributed by atoms with E-state index in [4.69, 9.17) is 0 Å². The first-order chi connectivity index (χ1) is 7.57. The van der Waals surface area contributed by atoms with Crippen LogP contribution < -0.4 is 4.90 Å². The zero-order valence-corrected chi connectivity index (χ0v) is 10.2. The molecule has 0 spiro atoms. The van der Waals surface area contributed by atoms with E-state index in [1.807, 2.05) is 12.1 Å². The highest BCUT2D eigenvalue weighted by molar-refractivity contribution is 5.48. The van der Waals surface area contributed by atoms with E-state index in [1.165, 1.54) is 25.2 Å². The molecular weight excluding hydrogens is 200 g/mol. The van der Waals surface area contributed by atoms with Gasteiger partial charge in [0.05, 0.1) is 33.7 Å². The van der Waals surface area contributed by atoms with Crippen molar-refractivity contribution in [3.63, 3.8) is 0 Å². The van der Waals surface area contributed by atoms with Gasteiger partial charge in [0.1, 0.15) is 5.75 Å². The lowest BCUT2D eigenvalue weighted by Gasteiger charge is -2.28. The average molecular weight is 221 g/mol. The molecule has 0 amide bonds. The van der Waals surface area contributed by atoms with Crippen molar-refractivity contribution < 1.29 is 9.59 Å². The van der Waals surface area contributed by atoms with Gasteiger partial charge in [0, 0.05) is 18.7 Å². The van der Waals surface area contributed by atoms with Gasteiger partial charge in [0.15, 0.2) is 0 Å². The van der Waals surface area contributed by atoms with Crippen LogP contribution in [0.2, 0.25) is 0 Å². The molecular formula is C13H21N2O+. The molecule has 1 aromatic carbocycles. The topological polar surface area (TPSA) is 23.5 Å². The molecule has 1 aromatic rings. The lowest BCUT2D eigenvalue weighted by Crippen LogP contribution is -2.42. The summed E-state index contributed by atoms with van der Waals surface area (Å²) in [7, 11) is 4.58. The largest absolute Gasteiger partial charge is 0.508 e. The Hall–Kier alpha value is -1.22. The van der Waals surface area contributed by atoms with E-state index >= 15 is 0 Å². The molecule has 0 aromatic heterocycles. The fourth-order valence-electron chi connectivity index (χ4n) is 2.23. The Morgan fingerprint density at radius 3 is 2.44 bits per heavy atom. The van der Waals surface area contributed by atoms with Crippen molar-refractivity contribution in [2.45, 2.75) is 6.42 Å². The Morgan fingerprint density at radius 1 is 1.06 bits per heavy atom. The van der Waals surface area contributed by atoms with Crippen molar-refractivity contribution in [1.29, 1.82) is 0 Å². The van der Waals surface area contributed by atoms with Gasteiger partial charge < -0.3 is 14.5 Å². The quantitative estimate of drug-likeness (QED) is 0.729. The lowest BCUT2D eigenvalue weighted by molar-refractivity contribution is -0.887. The monoisotopic (exact) mass is 221 g/mol. The first-order valence-corrected chi connectivity index (χ1v) is 5.93. The summed E-state index contributed by atoms with van der Waals surface area (Å²) in [4.78, 5) is 2.41. The van der Waals surface area contributed by atoms with E-state index in [9.17, 15) is 5.11 Å². The van der Waals surface area contributed by atoms with Crippen molar-refractivity contribution in [3.8, 4) is 5.75 Å². The van der Waals surface area contributed by atoms with Crippen LogP contribution in [0.15, 0.2) is 24.3 Å². The lowest BCUT2D eigenvalue weighted by atomic mass is 10.2. The number of quaternary nitrogens is 1. The van der Waals surface area contributed by atoms with Crippen LogP contribution in [-0.2, 0) is 0 Å². The fraction of sp³-hybridized carbons (Fsp3) is 0.538. The highest BCUT2D eigenvalue weighted by Gasteiger charge is 2.21. The maximum Gasteiger partial charge on any atom is 0.115 e. The van der Waals surface area contributed by atoms with Crippen LogP contribution in [0.3, 0.4) is 0 Å². The molecule has 16 heavy (non-hydrogen) atoms. The zero-order valence-electron chi connectivity index (χ0n) is 10.2. The van der Waals surface area contributed by atoms with Gasteiger partial charge in [-0.2, -0.15) is 0 Å². The van der Waals surface area contributed by atoms with Crippen LogP contribution in [0.4, 0.5) is 5.69 Å². The summed E-state index contributed by atoms with van der Waals surface area (Å²) in [6.07, 6.45) is 1.23.